The molecule has 0 heterocycles. The van der Waals surface area contributed by atoms with E-state index < -0.39 is 0 Å². The second-order valence-electron chi connectivity index (χ2n) is 7.13. The molecule has 1 rings (SSSR count). The molecule has 1 nitrogen and oxygen atoms in total. The van der Waals surface area contributed by atoms with Crippen molar-refractivity contribution in [3.05, 3.63) is 34.6 Å². The van der Waals surface area contributed by atoms with Crippen molar-refractivity contribution in [1.82, 2.24) is 4.90 Å². The van der Waals surface area contributed by atoms with Crippen LogP contribution in [0.4, 0.5) is 0 Å². The predicted octanol–water partition coefficient (Wildman–Crippen LogP) is 6.48. The predicted molar refractivity (Wildman–Crippen MR) is 100.0 cm³/mol. The first-order chi connectivity index (χ1) is 10.4. The van der Waals surface area contributed by atoms with Crippen LogP contribution >= 0.6 is 0 Å². The maximum absolute atomic E-state index is 2.56. The Labute approximate surface area is 139 Å². The zero-order valence-corrected chi connectivity index (χ0v) is 16.0. The summed E-state index contributed by atoms with van der Waals surface area (Å²) < 4.78 is 0. The summed E-state index contributed by atoms with van der Waals surface area (Å²) in [7, 11) is 2.30. The molecular formula is C21H37N. The molecular weight excluding hydrogens is 266 g/mol. The quantitative estimate of drug-likeness (QED) is 0.471. The van der Waals surface area contributed by atoms with Gasteiger partial charge in [-0.3, -0.25) is 0 Å². The van der Waals surface area contributed by atoms with Gasteiger partial charge in [-0.05, 0) is 55.7 Å². The van der Waals surface area contributed by atoms with Gasteiger partial charge in [0.1, 0.15) is 0 Å². The first-order valence-corrected chi connectivity index (χ1v) is 9.28. The van der Waals surface area contributed by atoms with Gasteiger partial charge in [-0.2, -0.15) is 0 Å². The Hall–Kier alpha value is -0.980. The Balaban J connectivity index is 3.01. The van der Waals surface area contributed by atoms with Crippen molar-refractivity contribution in [1.29, 1.82) is 0 Å². The standard InChI is InChI=1S/C21H37N/c1-8-11-20(12-9-2)22(7)19(10-3)15-18-13-17(6)14-21(18)16(4)5/h14-16,20H,8-13H2,1-7H3/b19-15+. The van der Waals surface area contributed by atoms with E-state index in [0.29, 0.717) is 12.0 Å². The lowest BCUT2D eigenvalue weighted by Gasteiger charge is -2.32. The summed E-state index contributed by atoms with van der Waals surface area (Å²) in [4.78, 5) is 2.56. The SMILES string of the molecule is CCCC(CCC)N(C)/C(=C/C1=C(C(C)C)C=C(C)C1)CC. The molecule has 0 saturated carbocycles. The van der Waals surface area contributed by atoms with Gasteiger partial charge in [-0.15, -0.1) is 0 Å². The van der Waals surface area contributed by atoms with Crippen molar-refractivity contribution in [2.75, 3.05) is 7.05 Å². The van der Waals surface area contributed by atoms with Crippen molar-refractivity contribution in [2.24, 2.45) is 5.92 Å². The summed E-state index contributed by atoms with van der Waals surface area (Å²) in [5.74, 6) is 0.620. The second kappa shape index (κ2) is 9.22. The van der Waals surface area contributed by atoms with Gasteiger partial charge in [0.15, 0.2) is 0 Å². The maximum Gasteiger partial charge on any atom is 0.0283 e. The van der Waals surface area contributed by atoms with E-state index in [1.807, 2.05) is 0 Å². The first kappa shape index (κ1) is 19.1. The van der Waals surface area contributed by atoms with Gasteiger partial charge in [-0.25, -0.2) is 0 Å². The highest BCUT2D eigenvalue weighted by Gasteiger charge is 2.18. The highest BCUT2D eigenvalue weighted by molar-refractivity contribution is 5.45. The zero-order chi connectivity index (χ0) is 16.7. The van der Waals surface area contributed by atoms with Crippen LogP contribution in [0.2, 0.25) is 0 Å². The summed E-state index contributed by atoms with van der Waals surface area (Å²) in [5.41, 5.74) is 6.09. The molecule has 0 unspecified atom stereocenters. The molecule has 0 spiro atoms. The Morgan fingerprint density at radius 3 is 2.23 bits per heavy atom. The molecule has 0 atom stereocenters. The molecule has 1 aliphatic carbocycles. The molecule has 1 aliphatic rings. The minimum Gasteiger partial charge on any atom is -0.375 e. The van der Waals surface area contributed by atoms with E-state index >= 15 is 0 Å². The van der Waals surface area contributed by atoms with Gasteiger partial charge in [0.05, 0.1) is 0 Å². The van der Waals surface area contributed by atoms with Crippen LogP contribution < -0.4 is 0 Å². The van der Waals surface area contributed by atoms with E-state index in [-0.39, 0.29) is 0 Å². The number of hydrogen-bond donors (Lipinski definition) is 0. The third-order valence-electron chi connectivity index (χ3n) is 4.81. The van der Waals surface area contributed by atoms with Crippen LogP contribution in [0.1, 0.15) is 80.1 Å². The Morgan fingerprint density at radius 2 is 1.77 bits per heavy atom. The van der Waals surface area contributed by atoms with Crippen molar-refractivity contribution in [3.63, 3.8) is 0 Å². The fourth-order valence-corrected chi connectivity index (χ4v) is 3.57. The lowest BCUT2D eigenvalue weighted by atomic mass is 9.98. The Bertz CT molecular complexity index is 431. The van der Waals surface area contributed by atoms with Gasteiger partial charge in [0.2, 0.25) is 0 Å². The average molecular weight is 304 g/mol. The summed E-state index contributed by atoms with van der Waals surface area (Å²) in [6.45, 7) is 13.8. The molecule has 126 valence electrons. The van der Waals surface area contributed by atoms with Crippen LogP contribution in [0, 0.1) is 5.92 Å². The number of allylic oxidation sites excluding steroid dienone is 6. The minimum absolute atomic E-state index is 0.620. The molecule has 22 heavy (non-hydrogen) atoms. The van der Waals surface area contributed by atoms with Gasteiger partial charge in [0, 0.05) is 18.8 Å². The van der Waals surface area contributed by atoms with Crippen molar-refractivity contribution in [2.45, 2.75) is 86.1 Å². The van der Waals surface area contributed by atoms with Crippen molar-refractivity contribution in [3.8, 4) is 0 Å². The molecule has 0 fully saturated rings. The highest BCUT2D eigenvalue weighted by atomic mass is 15.1. The molecule has 0 aromatic rings. The van der Waals surface area contributed by atoms with Crippen LogP contribution in [-0.4, -0.2) is 18.0 Å². The molecule has 0 aromatic carbocycles. The molecule has 0 saturated heterocycles. The lowest BCUT2D eigenvalue weighted by Crippen LogP contribution is -2.31. The molecule has 0 amide bonds. The van der Waals surface area contributed by atoms with Crippen molar-refractivity contribution < 1.29 is 0 Å². The summed E-state index contributed by atoms with van der Waals surface area (Å²) >= 11 is 0. The van der Waals surface area contributed by atoms with Gasteiger partial charge < -0.3 is 4.90 Å². The number of hydrogen-bond acceptors (Lipinski definition) is 1. The third-order valence-corrected chi connectivity index (χ3v) is 4.81. The van der Waals surface area contributed by atoms with E-state index in [4.69, 9.17) is 0 Å². The van der Waals surface area contributed by atoms with Gasteiger partial charge in [0.25, 0.3) is 0 Å². The van der Waals surface area contributed by atoms with Crippen molar-refractivity contribution >= 4 is 0 Å². The lowest BCUT2D eigenvalue weighted by molar-refractivity contribution is 0.262. The van der Waals surface area contributed by atoms with E-state index in [9.17, 15) is 0 Å². The van der Waals surface area contributed by atoms with Gasteiger partial charge >= 0.3 is 0 Å². The normalized spacial score (nSPS) is 16.0. The van der Waals surface area contributed by atoms with E-state index in [1.54, 1.807) is 11.1 Å². The zero-order valence-electron chi connectivity index (χ0n) is 16.0. The van der Waals surface area contributed by atoms with E-state index in [2.05, 4.69) is 65.6 Å². The third kappa shape index (κ3) is 5.04. The average Bonchev–Trinajstić information content (AvgIpc) is 2.85. The van der Waals surface area contributed by atoms with E-state index in [0.717, 1.165) is 12.8 Å². The topological polar surface area (TPSA) is 3.24 Å². The summed E-state index contributed by atoms with van der Waals surface area (Å²) in [6.07, 6.45) is 12.3. The number of rotatable bonds is 9. The van der Waals surface area contributed by atoms with Crippen LogP contribution in [0.5, 0.6) is 0 Å². The molecule has 0 N–H and O–H groups in total. The highest BCUT2D eigenvalue weighted by Crippen LogP contribution is 2.32. The summed E-state index contributed by atoms with van der Waals surface area (Å²) in [6, 6.07) is 0.694. The first-order valence-electron chi connectivity index (χ1n) is 9.28. The second-order valence-corrected chi connectivity index (χ2v) is 7.13. The molecule has 0 aliphatic heterocycles. The van der Waals surface area contributed by atoms with Crippen LogP contribution in [-0.2, 0) is 0 Å². The molecule has 1 heteroatoms. The molecule has 0 radical (unpaired) electrons. The number of nitrogens with zero attached hydrogens (tertiary/aromatic N) is 1. The van der Waals surface area contributed by atoms with Crippen LogP contribution in [0.25, 0.3) is 0 Å². The fraction of sp³-hybridized carbons (Fsp3) is 0.714. The maximum atomic E-state index is 2.56. The van der Waals surface area contributed by atoms with Crippen LogP contribution in [0.3, 0.4) is 0 Å². The fourth-order valence-electron chi connectivity index (χ4n) is 3.57. The monoisotopic (exact) mass is 303 g/mol. The minimum atomic E-state index is 0.620. The summed E-state index contributed by atoms with van der Waals surface area (Å²) in [5, 5.41) is 0. The smallest absolute Gasteiger partial charge is 0.0283 e. The Kier molecular flexibility index (Phi) is 8.00. The largest absolute Gasteiger partial charge is 0.375 e. The molecule has 0 bridgehead atoms. The van der Waals surface area contributed by atoms with Crippen LogP contribution in [0.15, 0.2) is 34.6 Å². The molecule has 0 aromatic heterocycles. The Morgan fingerprint density at radius 1 is 1.18 bits per heavy atom. The van der Waals surface area contributed by atoms with Gasteiger partial charge in [-0.1, -0.05) is 59.1 Å². The van der Waals surface area contributed by atoms with E-state index in [1.165, 1.54) is 37.0 Å².